The minimum Gasteiger partial charge on any atom is -0.355 e. The third kappa shape index (κ3) is 3.21. The number of carbonyl (C=O) groups excluding carboxylic acids is 1. The molecule has 11 heavy (non-hydrogen) atoms. The van der Waals surface area contributed by atoms with E-state index in [1.54, 1.807) is 0 Å². The second kappa shape index (κ2) is 2.68. The summed E-state index contributed by atoms with van der Waals surface area (Å²) in [7, 11) is 0. The van der Waals surface area contributed by atoms with E-state index in [1.807, 2.05) is 12.2 Å². The molecule has 0 bridgehead atoms. The fourth-order valence-electron chi connectivity index (χ4n) is 0.700. The molecule has 1 aliphatic rings. The molecule has 0 saturated heterocycles. The van der Waals surface area contributed by atoms with Gasteiger partial charge in [0, 0.05) is 6.54 Å². The summed E-state index contributed by atoms with van der Waals surface area (Å²) in [5.74, 6) is 0.234. The first-order chi connectivity index (χ1) is 4.99. The van der Waals surface area contributed by atoms with E-state index < -0.39 is 0 Å². The zero-order valence-corrected chi connectivity index (χ0v) is 7.35. The smallest absolute Gasteiger partial charge is 0.230 e. The summed E-state index contributed by atoms with van der Waals surface area (Å²) in [5.41, 5.74) is 0.185. The Morgan fingerprint density at radius 1 is 1.45 bits per heavy atom. The molecule has 0 spiro atoms. The van der Waals surface area contributed by atoms with Crippen LogP contribution >= 0.6 is 0 Å². The van der Waals surface area contributed by atoms with Crippen molar-refractivity contribution in [3.8, 4) is 0 Å². The third-order valence-electron chi connectivity index (χ3n) is 1.48. The number of hydrogen-bond donors (Lipinski definition) is 1. The molecular weight excluding hydrogens is 138 g/mol. The summed E-state index contributed by atoms with van der Waals surface area (Å²) in [5, 5.41) is 2.88. The number of nitrogens with one attached hydrogen (secondary N) is 1. The van der Waals surface area contributed by atoms with Gasteiger partial charge < -0.3 is 5.32 Å². The molecule has 1 N–H and O–H groups in total. The van der Waals surface area contributed by atoms with Gasteiger partial charge in [-0.3, -0.25) is 4.79 Å². The van der Waals surface area contributed by atoms with Gasteiger partial charge in [-0.1, -0.05) is 32.9 Å². The van der Waals surface area contributed by atoms with Crippen LogP contribution in [0.5, 0.6) is 0 Å². The van der Waals surface area contributed by atoms with Gasteiger partial charge >= 0.3 is 0 Å². The summed E-state index contributed by atoms with van der Waals surface area (Å²) >= 11 is 0. The topological polar surface area (TPSA) is 29.1 Å². The van der Waals surface area contributed by atoms with Crippen LogP contribution in [0.2, 0.25) is 0 Å². The van der Waals surface area contributed by atoms with Crippen molar-refractivity contribution in [2.75, 3.05) is 6.54 Å². The molecular formula is C9H15NO. The van der Waals surface area contributed by atoms with Crippen LogP contribution in [-0.4, -0.2) is 12.5 Å². The first-order valence-corrected chi connectivity index (χ1v) is 3.95. The molecule has 0 fully saturated rings. The van der Waals surface area contributed by atoms with E-state index in [1.165, 1.54) is 0 Å². The van der Waals surface area contributed by atoms with E-state index in [0.717, 1.165) is 6.54 Å². The van der Waals surface area contributed by atoms with Crippen LogP contribution in [0.4, 0.5) is 0 Å². The van der Waals surface area contributed by atoms with E-state index >= 15 is 0 Å². The second-order valence-electron chi connectivity index (χ2n) is 4.19. The van der Waals surface area contributed by atoms with Crippen molar-refractivity contribution in [1.29, 1.82) is 0 Å². The monoisotopic (exact) mass is 153 g/mol. The summed E-state index contributed by atoms with van der Waals surface area (Å²) in [6.07, 6.45) is 3.80. The van der Waals surface area contributed by atoms with Gasteiger partial charge in [0.1, 0.15) is 0 Å². The number of amides is 1. The van der Waals surface area contributed by atoms with E-state index in [9.17, 15) is 4.79 Å². The number of hydrogen-bond acceptors (Lipinski definition) is 1. The molecule has 0 saturated carbocycles. The van der Waals surface area contributed by atoms with Gasteiger partial charge in [-0.25, -0.2) is 0 Å². The maximum Gasteiger partial charge on any atom is 0.230 e. The van der Waals surface area contributed by atoms with Crippen LogP contribution in [-0.2, 0) is 4.79 Å². The molecule has 62 valence electrons. The highest BCUT2D eigenvalue weighted by Crippen LogP contribution is 2.16. The van der Waals surface area contributed by atoms with Crippen LogP contribution in [0.25, 0.3) is 0 Å². The van der Waals surface area contributed by atoms with Crippen LogP contribution in [0.15, 0.2) is 12.2 Å². The Kier molecular flexibility index (Phi) is 2.03. The summed E-state index contributed by atoms with van der Waals surface area (Å²) in [6, 6.07) is 0. The molecule has 1 rings (SSSR count). The van der Waals surface area contributed by atoms with Gasteiger partial charge in [0.05, 0.1) is 5.92 Å². The van der Waals surface area contributed by atoms with Gasteiger partial charge in [-0.2, -0.15) is 0 Å². The molecule has 1 amide bonds. The van der Waals surface area contributed by atoms with Crippen molar-refractivity contribution in [3.05, 3.63) is 12.2 Å². The van der Waals surface area contributed by atoms with Crippen molar-refractivity contribution in [1.82, 2.24) is 5.32 Å². The maximum atomic E-state index is 11.1. The first kappa shape index (κ1) is 8.31. The lowest BCUT2D eigenvalue weighted by Gasteiger charge is -2.18. The highest BCUT2D eigenvalue weighted by Gasteiger charge is 2.21. The molecule has 0 aromatic heterocycles. The van der Waals surface area contributed by atoms with Gasteiger partial charge in [0.15, 0.2) is 0 Å². The predicted octanol–water partition coefficient (Wildman–Crippen LogP) is 1.33. The molecule has 0 unspecified atom stereocenters. The maximum absolute atomic E-state index is 11.1. The Bertz CT molecular complexity index is 182. The molecule has 0 aliphatic heterocycles. The molecule has 0 heterocycles. The Labute approximate surface area is 67.7 Å². The van der Waals surface area contributed by atoms with Crippen LogP contribution in [0.3, 0.4) is 0 Å². The third-order valence-corrected chi connectivity index (χ3v) is 1.48. The van der Waals surface area contributed by atoms with E-state index in [-0.39, 0.29) is 17.2 Å². The Hall–Kier alpha value is -0.790. The quantitative estimate of drug-likeness (QED) is 0.596. The van der Waals surface area contributed by atoms with Gasteiger partial charge in [0.25, 0.3) is 0 Å². The molecule has 0 aromatic carbocycles. The Morgan fingerprint density at radius 3 is 2.36 bits per heavy atom. The lowest BCUT2D eigenvalue weighted by Crippen LogP contribution is -2.33. The molecule has 0 atom stereocenters. The molecule has 2 heteroatoms. The highest BCUT2D eigenvalue weighted by molar-refractivity contribution is 5.85. The van der Waals surface area contributed by atoms with Gasteiger partial charge in [-0.15, -0.1) is 0 Å². The van der Waals surface area contributed by atoms with Crippen molar-refractivity contribution in [2.45, 2.75) is 20.8 Å². The van der Waals surface area contributed by atoms with Crippen LogP contribution in [0.1, 0.15) is 20.8 Å². The zero-order valence-electron chi connectivity index (χ0n) is 7.35. The zero-order chi connectivity index (χ0) is 8.48. The van der Waals surface area contributed by atoms with E-state index in [4.69, 9.17) is 0 Å². The average Bonchev–Trinajstić information content (AvgIpc) is 2.61. The second-order valence-corrected chi connectivity index (χ2v) is 4.19. The first-order valence-electron chi connectivity index (χ1n) is 3.95. The van der Waals surface area contributed by atoms with Gasteiger partial charge in [0.2, 0.25) is 5.91 Å². The fourth-order valence-corrected chi connectivity index (χ4v) is 0.700. The fraction of sp³-hybridized carbons (Fsp3) is 0.667. The van der Waals surface area contributed by atoms with Crippen molar-refractivity contribution in [3.63, 3.8) is 0 Å². The minimum absolute atomic E-state index is 0.0948. The Balaban J connectivity index is 2.16. The molecule has 1 aliphatic carbocycles. The Morgan fingerprint density at radius 2 is 2.00 bits per heavy atom. The standard InChI is InChI=1S/C9H15NO/c1-9(2,3)6-10-8(11)7-4-5-7/h4-5,7H,6H2,1-3H3,(H,10,11). The SMILES string of the molecule is CC(C)(C)CNC(=O)C1C=C1. The molecule has 0 aromatic rings. The lowest BCUT2D eigenvalue weighted by molar-refractivity contribution is -0.122. The predicted molar refractivity (Wildman–Crippen MR) is 45.1 cm³/mol. The van der Waals surface area contributed by atoms with Crippen molar-refractivity contribution >= 4 is 5.91 Å². The summed E-state index contributed by atoms with van der Waals surface area (Å²) in [6.45, 7) is 7.07. The van der Waals surface area contributed by atoms with E-state index in [0.29, 0.717) is 0 Å². The molecule has 2 nitrogen and oxygen atoms in total. The minimum atomic E-state index is 0.0948. The van der Waals surface area contributed by atoms with Crippen LogP contribution < -0.4 is 5.32 Å². The average molecular weight is 153 g/mol. The molecule has 0 radical (unpaired) electrons. The van der Waals surface area contributed by atoms with Crippen LogP contribution in [0, 0.1) is 11.3 Å². The number of carbonyl (C=O) groups is 1. The van der Waals surface area contributed by atoms with Crippen molar-refractivity contribution < 1.29 is 4.79 Å². The van der Waals surface area contributed by atoms with E-state index in [2.05, 4.69) is 26.1 Å². The summed E-state index contributed by atoms with van der Waals surface area (Å²) < 4.78 is 0. The van der Waals surface area contributed by atoms with Gasteiger partial charge in [-0.05, 0) is 5.41 Å². The number of rotatable bonds is 2. The normalized spacial score (nSPS) is 16.6. The highest BCUT2D eigenvalue weighted by atomic mass is 16.1. The van der Waals surface area contributed by atoms with Crippen molar-refractivity contribution in [2.24, 2.45) is 11.3 Å². The summed E-state index contributed by atoms with van der Waals surface area (Å²) in [4.78, 5) is 11.1. The largest absolute Gasteiger partial charge is 0.355 e. The lowest BCUT2D eigenvalue weighted by atomic mass is 9.97.